The van der Waals surface area contributed by atoms with E-state index in [9.17, 15) is 9.59 Å². The van der Waals surface area contributed by atoms with Gasteiger partial charge >= 0.3 is 12.2 Å². The first-order valence-electron chi connectivity index (χ1n) is 8.08. The van der Waals surface area contributed by atoms with Crippen LogP contribution in [-0.4, -0.2) is 29.9 Å². The lowest BCUT2D eigenvalue weighted by molar-refractivity contribution is 0.0581. The molecule has 1 aliphatic heterocycles. The second kappa shape index (κ2) is 6.34. The maximum atomic E-state index is 12.3. The largest absolute Gasteiger partial charge is 0.444 e. The Morgan fingerprint density at radius 2 is 1.67 bits per heavy atom. The zero-order chi connectivity index (χ0) is 18.1. The predicted molar refractivity (Wildman–Crippen MR) is 93.6 cm³/mol. The van der Waals surface area contributed by atoms with E-state index in [-0.39, 0.29) is 6.09 Å². The molecular formula is C18H26N2O4. The Kier molecular flexibility index (Phi) is 4.78. The molecule has 0 radical (unpaired) electrons. The molecule has 2 rings (SSSR count). The average molecular weight is 334 g/mol. The topological polar surface area (TPSA) is 67.9 Å². The smallest absolute Gasteiger partial charge is 0.414 e. The lowest BCUT2D eigenvalue weighted by Crippen LogP contribution is -2.35. The highest BCUT2D eigenvalue weighted by molar-refractivity contribution is 5.92. The molecule has 1 heterocycles. The first kappa shape index (κ1) is 18.1. The summed E-state index contributed by atoms with van der Waals surface area (Å²) in [5.41, 5.74) is 1.38. The van der Waals surface area contributed by atoms with Crippen molar-refractivity contribution < 1.29 is 19.1 Å². The third kappa shape index (κ3) is 4.88. The molecule has 0 aliphatic carbocycles. The maximum absolute atomic E-state index is 12.3. The number of anilines is 2. The average Bonchev–Trinajstić information content (AvgIpc) is 2.77. The fraction of sp³-hybridized carbons (Fsp3) is 0.556. The Morgan fingerprint density at radius 3 is 2.25 bits per heavy atom. The molecule has 0 unspecified atom stereocenters. The SMILES string of the molecule is CC(C)(C)OC(=O)Nc1ccc2c(c1)CCN2C(=O)OC(C)(C)C. The molecule has 0 bridgehead atoms. The molecule has 1 aliphatic rings. The Hall–Kier alpha value is -2.24. The maximum Gasteiger partial charge on any atom is 0.414 e. The summed E-state index contributed by atoms with van der Waals surface area (Å²) in [6.45, 7) is 11.5. The minimum absolute atomic E-state index is 0.353. The van der Waals surface area contributed by atoms with Crippen LogP contribution in [0.2, 0.25) is 0 Å². The third-order valence-corrected chi connectivity index (χ3v) is 3.23. The molecule has 1 aromatic rings. The summed E-state index contributed by atoms with van der Waals surface area (Å²) in [5.74, 6) is 0. The lowest BCUT2D eigenvalue weighted by atomic mass is 10.1. The van der Waals surface area contributed by atoms with E-state index in [0.29, 0.717) is 12.2 Å². The van der Waals surface area contributed by atoms with E-state index in [1.807, 2.05) is 53.7 Å². The zero-order valence-electron chi connectivity index (χ0n) is 15.2. The van der Waals surface area contributed by atoms with Crippen LogP contribution in [0.1, 0.15) is 47.1 Å². The van der Waals surface area contributed by atoms with Crippen LogP contribution in [-0.2, 0) is 15.9 Å². The van der Waals surface area contributed by atoms with Gasteiger partial charge in [0.25, 0.3) is 0 Å². The fourth-order valence-electron chi connectivity index (χ4n) is 2.41. The molecule has 0 saturated carbocycles. The van der Waals surface area contributed by atoms with E-state index >= 15 is 0 Å². The molecule has 6 heteroatoms. The first-order valence-corrected chi connectivity index (χ1v) is 8.08. The van der Waals surface area contributed by atoms with Gasteiger partial charge in [0.05, 0.1) is 5.69 Å². The summed E-state index contributed by atoms with van der Waals surface area (Å²) in [6.07, 6.45) is -0.128. The number of carbonyl (C=O) groups excluding carboxylic acids is 2. The Labute approximate surface area is 143 Å². The van der Waals surface area contributed by atoms with Crippen molar-refractivity contribution in [2.24, 2.45) is 0 Å². The van der Waals surface area contributed by atoms with Crippen LogP contribution < -0.4 is 10.2 Å². The highest BCUT2D eigenvalue weighted by atomic mass is 16.6. The van der Waals surface area contributed by atoms with E-state index < -0.39 is 17.3 Å². The van der Waals surface area contributed by atoms with Crippen molar-refractivity contribution in [3.05, 3.63) is 23.8 Å². The van der Waals surface area contributed by atoms with Crippen molar-refractivity contribution in [1.82, 2.24) is 0 Å². The van der Waals surface area contributed by atoms with Gasteiger partial charge in [-0.3, -0.25) is 10.2 Å². The number of rotatable bonds is 1. The van der Waals surface area contributed by atoms with Gasteiger partial charge < -0.3 is 9.47 Å². The number of amides is 2. The molecule has 0 aromatic heterocycles. The monoisotopic (exact) mass is 334 g/mol. The minimum atomic E-state index is -0.547. The number of nitrogens with zero attached hydrogens (tertiary/aromatic N) is 1. The molecule has 0 saturated heterocycles. The quantitative estimate of drug-likeness (QED) is 0.830. The summed E-state index contributed by atoms with van der Waals surface area (Å²) >= 11 is 0. The van der Waals surface area contributed by atoms with E-state index in [1.54, 1.807) is 11.0 Å². The van der Waals surface area contributed by atoms with Crippen LogP contribution in [0.25, 0.3) is 0 Å². The van der Waals surface area contributed by atoms with Gasteiger partial charge in [-0.1, -0.05) is 0 Å². The second-order valence-electron chi connectivity index (χ2n) is 7.85. The molecule has 24 heavy (non-hydrogen) atoms. The van der Waals surface area contributed by atoms with E-state index in [0.717, 1.165) is 17.7 Å². The van der Waals surface area contributed by atoms with Crippen LogP contribution in [0.15, 0.2) is 18.2 Å². The highest BCUT2D eigenvalue weighted by Gasteiger charge is 2.29. The third-order valence-electron chi connectivity index (χ3n) is 3.23. The molecular weight excluding hydrogens is 308 g/mol. The minimum Gasteiger partial charge on any atom is -0.444 e. The molecule has 132 valence electrons. The van der Waals surface area contributed by atoms with Crippen molar-refractivity contribution in [2.75, 3.05) is 16.8 Å². The highest BCUT2D eigenvalue weighted by Crippen LogP contribution is 2.31. The van der Waals surface area contributed by atoms with Crippen molar-refractivity contribution in [2.45, 2.75) is 59.2 Å². The number of ether oxygens (including phenoxy) is 2. The molecule has 6 nitrogen and oxygen atoms in total. The summed E-state index contributed by atoms with van der Waals surface area (Å²) in [6, 6.07) is 5.44. The molecule has 0 atom stereocenters. The molecule has 0 spiro atoms. The molecule has 2 amide bonds. The number of fused-ring (bicyclic) bond motifs is 1. The van der Waals surface area contributed by atoms with Crippen molar-refractivity contribution in [3.63, 3.8) is 0 Å². The Morgan fingerprint density at radius 1 is 1.04 bits per heavy atom. The van der Waals surface area contributed by atoms with Crippen LogP contribution in [0.4, 0.5) is 21.0 Å². The van der Waals surface area contributed by atoms with Gasteiger partial charge in [-0.05, 0) is 71.7 Å². The van der Waals surface area contributed by atoms with Crippen molar-refractivity contribution >= 4 is 23.6 Å². The summed E-state index contributed by atoms with van der Waals surface area (Å²) in [7, 11) is 0. The summed E-state index contributed by atoms with van der Waals surface area (Å²) in [5, 5.41) is 2.71. The molecule has 1 N–H and O–H groups in total. The Bertz CT molecular complexity index is 641. The number of benzene rings is 1. The number of hydrogen-bond acceptors (Lipinski definition) is 4. The number of hydrogen-bond donors (Lipinski definition) is 1. The van der Waals surface area contributed by atoms with Gasteiger partial charge in [-0.2, -0.15) is 0 Å². The van der Waals surface area contributed by atoms with E-state index in [2.05, 4.69) is 5.32 Å². The van der Waals surface area contributed by atoms with Crippen LogP contribution in [0.5, 0.6) is 0 Å². The van der Waals surface area contributed by atoms with Crippen LogP contribution in [0, 0.1) is 0 Å². The summed E-state index contributed by atoms with van der Waals surface area (Å²) in [4.78, 5) is 25.7. The van der Waals surface area contributed by atoms with E-state index in [4.69, 9.17) is 9.47 Å². The standard InChI is InChI=1S/C18H26N2O4/c1-17(2,3)23-15(21)19-13-7-8-14-12(11-13)9-10-20(14)16(22)24-18(4,5)6/h7-8,11H,9-10H2,1-6H3,(H,19,21). The van der Waals surface area contributed by atoms with Gasteiger partial charge in [0.1, 0.15) is 11.2 Å². The van der Waals surface area contributed by atoms with Crippen LogP contribution in [0.3, 0.4) is 0 Å². The zero-order valence-corrected chi connectivity index (χ0v) is 15.2. The second-order valence-corrected chi connectivity index (χ2v) is 7.85. The van der Waals surface area contributed by atoms with Gasteiger partial charge in [0.2, 0.25) is 0 Å². The van der Waals surface area contributed by atoms with Crippen LogP contribution >= 0.6 is 0 Å². The van der Waals surface area contributed by atoms with Gasteiger partial charge in [0.15, 0.2) is 0 Å². The number of carbonyl (C=O) groups is 2. The summed E-state index contributed by atoms with van der Waals surface area (Å²) < 4.78 is 10.7. The number of nitrogens with one attached hydrogen (secondary N) is 1. The lowest BCUT2D eigenvalue weighted by Gasteiger charge is -2.25. The fourth-order valence-corrected chi connectivity index (χ4v) is 2.41. The molecule has 1 aromatic carbocycles. The first-order chi connectivity index (χ1) is 10.9. The van der Waals surface area contributed by atoms with Gasteiger partial charge in [-0.15, -0.1) is 0 Å². The van der Waals surface area contributed by atoms with Gasteiger partial charge in [0, 0.05) is 12.2 Å². The van der Waals surface area contributed by atoms with Crippen molar-refractivity contribution in [1.29, 1.82) is 0 Å². The Balaban J connectivity index is 2.08. The van der Waals surface area contributed by atoms with Gasteiger partial charge in [-0.25, -0.2) is 9.59 Å². The molecule has 0 fully saturated rings. The van der Waals surface area contributed by atoms with Crippen molar-refractivity contribution in [3.8, 4) is 0 Å². The predicted octanol–water partition coefficient (Wildman–Crippen LogP) is 4.33. The normalized spacial score (nSPS) is 14.2. The van der Waals surface area contributed by atoms with E-state index in [1.165, 1.54) is 0 Å².